The van der Waals surface area contributed by atoms with E-state index in [2.05, 4.69) is 52.2 Å². The molecule has 0 aliphatic heterocycles. The van der Waals surface area contributed by atoms with Crippen molar-refractivity contribution in [2.24, 2.45) is 11.8 Å². The third-order valence-electron chi connectivity index (χ3n) is 4.25. The van der Waals surface area contributed by atoms with Crippen LogP contribution in [-0.4, -0.2) is 7.05 Å². The van der Waals surface area contributed by atoms with Gasteiger partial charge in [-0.1, -0.05) is 24.6 Å². The summed E-state index contributed by atoms with van der Waals surface area (Å²) in [5.41, 5.74) is 5.78. The van der Waals surface area contributed by atoms with E-state index in [0.717, 1.165) is 11.8 Å². The van der Waals surface area contributed by atoms with Gasteiger partial charge in [0.05, 0.1) is 0 Å². The van der Waals surface area contributed by atoms with Crippen molar-refractivity contribution in [3.63, 3.8) is 0 Å². The van der Waals surface area contributed by atoms with Crippen LogP contribution >= 0.6 is 0 Å². The summed E-state index contributed by atoms with van der Waals surface area (Å²) in [5, 5.41) is 3.54. The molecule has 1 saturated carbocycles. The molecule has 1 fully saturated rings. The predicted octanol–water partition coefficient (Wildman–Crippen LogP) is 3.92. The molecule has 1 aliphatic carbocycles. The molecule has 0 heterocycles. The van der Waals surface area contributed by atoms with Crippen molar-refractivity contribution in [3.05, 3.63) is 34.4 Å². The molecule has 2 rings (SSSR count). The molecule has 94 valence electrons. The van der Waals surface area contributed by atoms with E-state index in [9.17, 15) is 0 Å². The number of nitrogens with one attached hydrogen (secondary N) is 1. The third kappa shape index (κ3) is 2.55. The van der Waals surface area contributed by atoms with Crippen molar-refractivity contribution in [1.82, 2.24) is 5.32 Å². The lowest BCUT2D eigenvalue weighted by molar-refractivity contribution is 0.366. The summed E-state index contributed by atoms with van der Waals surface area (Å²) in [7, 11) is 2.10. The Bertz CT molecular complexity index is 381. The van der Waals surface area contributed by atoms with E-state index in [1.54, 1.807) is 0 Å². The number of aryl methyl sites for hydroxylation is 3. The molecule has 2 atom stereocenters. The highest BCUT2D eigenvalue weighted by Gasteiger charge is 2.34. The van der Waals surface area contributed by atoms with Crippen LogP contribution in [0.3, 0.4) is 0 Å². The summed E-state index contributed by atoms with van der Waals surface area (Å²) in [6.45, 7) is 9.08. The van der Waals surface area contributed by atoms with Crippen molar-refractivity contribution < 1.29 is 0 Å². The minimum Gasteiger partial charge on any atom is -0.313 e. The van der Waals surface area contributed by atoms with Crippen LogP contribution in [0.5, 0.6) is 0 Å². The zero-order valence-corrected chi connectivity index (χ0v) is 11.8. The van der Waals surface area contributed by atoms with Gasteiger partial charge in [-0.2, -0.15) is 0 Å². The van der Waals surface area contributed by atoms with Crippen LogP contribution in [0.4, 0.5) is 0 Å². The first kappa shape index (κ1) is 12.6. The fourth-order valence-electron chi connectivity index (χ4n) is 3.25. The highest BCUT2D eigenvalue weighted by Crippen LogP contribution is 2.43. The van der Waals surface area contributed by atoms with Crippen LogP contribution in [0.1, 0.15) is 48.1 Å². The van der Waals surface area contributed by atoms with Gasteiger partial charge in [-0.3, -0.25) is 0 Å². The van der Waals surface area contributed by atoms with E-state index in [4.69, 9.17) is 0 Å². The Morgan fingerprint density at radius 1 is 1.12 bits per heavy atom. The fraction of sp³-hybridized carbons (Fsp3) is 0.625. The molecule has 0 bridgehead atoms. The second-order valence-electron chi connectivity index (χ2n) is 5.78. The topological polar surface area (TPSA) is 12.0 Å². The van der Waals surface area contributed by atoms with E-state index < -0.39 is 0 Å². The maximum absolute atomic E-state index is 3.54. The van der Waals surface area contributed by atoms with Crippen LogP contribution in [0, 0.1) is 32.6 Å². The first-order chi connectivity index (χ1) is 8.04. The van der Waals surface area contributed by atoms with E-state index in [-0.39, 0.29) is 0 Å². The Hall–Kier alpha value is -0.820. The summed E-state index contributed by atoms with van der Waals surface area (Å²) in [4.78, 5) is 0. The molecule has 1 N–H and O–H groups in total. The third-order valence-corrected chi connectivity index (χ3v) is 4.25. The van der Waals surface area contributed by atoms with Gasteiger partial charge >= 0.3 is 0 Å². The highest BCUT2D eigenvalue weighted by atomic mass is 14.9. The van der Waals surface area contributed by atoms with Gasteiger partial charge in [0.2, 0.25) is 0 Å². The summed E-state index contributed by atoms with van der Waals surface area (Å²) in [5.74, 6) is 1.69. The Balaban J connectivity index is 2.35. The molecular formula is C16H25N. The lowest BCUT2D eigenvalue weighted by Gasteiger charge is -2.27. The normalized spacial score (nSPS) is 19.1. The Kier molecular flexibility index (Phi) is 3.58. The van der Waals surface area contributed by atoms with Crippen LogP contribution in [-0.2, 0) is 0 Å². The van der Waals surface area contributed by atoms with Crippen molar-refractivity contribution in [2.45, 2.75) is 46.6 Å². The summed E-state index contributed by atoms with van der Waals surface area (Å²) in [6, 6.07) is 5.14. The standard InChI is InChI=1S/C16H25N/c1-10-8-11(2)15(12(3)9-10)16(17-5)13(4)14-6-7-14/h8-9,13-14,16-17H,6-7H2,1-5H3. The van der Waals surface area contributed by atoms with E-state index >= 15 is 0 Å². The highest BCUT2D eigenvalue weighted by molar-refractivity contribution is 5.40. The first-order valence-corrected chi connectivity index (χ1v) is 6.79. The maximum atomic E-state index is 3.54. The van der Waals surface area contributed by atoms with Gasteiger partial charge in [-0.25, -0.2) is 0 Å². The largest absolute Gasteiger partial charge is 0.313 e. The van der Waals surface area contributed by atoms with E-state index in [1.165, 1.54) is 35.1 Å². The van der Waals surface area contributed by atoms with Crippen molar-refractivity contribution in [2.75, 3.05) is 7.05 Å². The molecule has 0 radical (unpaired) electrons. The van der Waals surface area contributed by atoms with Gasteiger partial charge in [0.1, 0.15) is 0 Å². The molecular weight excluding hydrogens is 206 g/mol. The number of hydrogen-bond acceptors (Lipinski definition) is 1. The van der Waals surface area contributed by atoms with Crippen LogP contribution < -0.4 is 5.32 Å². The summed E-state index contributed by atoms with van der Waals surface area (Å²) < 4.78 is 0. The molecule has 0 spiro atoms. The molecule has 1 aliphatic rings. The fourth-order valence-corrected chi connectivity index (χ4v) is 3.25. The quantitative estimate of drug-likeness (QED) is 0.828. The van der Waals surface area contributed by atoms with Gasteiger partial charge in [-0.15, -0.1) is 0 Å². The minimum atomic E-state index is 0.517. The average molecular weight is 231 g/mol. The Labute approximate surface area is 106 Å². The van der Waals surface area contributed by atoms with Crippen LogP contribution in [0.25, 0.3) is 0 Å². The summed E-state index contributed by atoms with van der Waals surface area (Å²) in [6.07, 6.45) is 2.84. The molecule has 17 heavy (non-hydrogen) atoms. The van der Waals surface area contributed by atoms with E-state index in [1.807, 2.05) is 0 Å². The van der Waals surface area contributed by atoms with Crippen molar-refractivity contribution >= 4 is 0 Å². The smallest absolute Gasteiger partial charge is 0.0351 e. The van der Waals surface area contributed by atoms with E-state index in [0.29, 0.717) is 6.04 Å². The lowest BCUT2D eigenvalue weighted by Crippen LogP contribution is -2.26. The number of rotatable bonds is 4. The van der Waals surface area contributed by atoms with Gasteiger partial charge in [0.15, 0.2) is 0 Å². The monoisotopic (exact) mass is 231 g/mol. The number of hydrogen-bond donors (Lipinski definition) is 1. The van der Waals surface area contributed by atoms with Gasteiger partial charge in [0, 0.05) is 6.04 Å². The molecule has 1 nitrogen and oxygen atoms in total. The summed E-state index contributed by atoms with van der Waals surface area (Å²) >= 11 is 0. The van der Waals surface area contributed by atoms with Gasteiger partial charge < -0.3 is 5.32 Å². The Morgan fingerprint density at radius 3 is 2.06 bits per heavy atom. The molecule has 0 saturated heterocycles. The van der Waals surface area contributed by atoms with Crippen molar-refractivity contribution in [1.29, 1.82) is 0 Å². The van der Waals surface area contributed by atoms with Crippen molar-refractivity contribution in [3.8, 4) is 0 Å². The van der Waals surface area contributed by atoms with Gasteiger partial charge in [0.25, 0.3) is 0 Å². The zero-order valence-electron chi connectivity index (χ0n) is 11.8. The second kappa shape index (κ2) is 4.81. The molecule has 1 aromatic carbocycles. The Morgan fingerprint density at radius 2 is 1.65 bits per heavy atom. The molecule has 1 aromatic rings. The molecule has 0 amide bonds. The van der Waals surface area contributed by atoms with Gasteiger partial charge in [-0.05, 0) is 69.2 Å². The lowest BCUT2D eigenvalue weighted by atomic mass is 9.85. The second-order valence-corrected chi connectivity index (χ2v) is 5.78. The minimum absolute atomic E-state index is 0.517. The predicted molar refractivity (Wildman–Crippen MR) is 74.3 cm³/mol. The van der Waals surface area contributed by atoms with Crippen LogP contribution in [0.15, 0.2) is 12.1 Å². The van der Waals surface area contributed by atoms with Crippen LogP contribution in [0.2, 0.25) is 0 Å². The zero-order chi connectivity index (χ0) is 12.6. The first-order valence-electron chi connectivity index (χ1n) is 6.79. The molecule has 2 unspecified atom stereocenters. The average Bonchev–Trinajstić information content (AvgIpc) is 3.05. The maximum Gasteiger partial charge on any atom is 0.0351 e. The SMILES string of the molecule is CNC(c1c(C)cc(C)cc1C)C(C)C1CC1. The molecule has 1 heteroatoms. The molecule has 0 aromatic heterocycles. The number of benzene rings is 1.